The summed E-state index contributed by atoms with van der Waals surface area (Å²) in [6.07, 6.45) is 0.964. The smallest absolute Gasteiger partial charge is 0.126 e. The largest absolute Gasteiger partial charge is 0.507 e. The van der Waals surface area contributed by atoms with Crippen molar-refractivity contribution >= 4 is 0 Å². The van der Waals surface area contributed by atoms with Crippen molar-refractivity contribution in [2.45, 2.75) is 13.0 Å². The molecule has 4 nitrogen and oxygen atoms in total. The molecule has 1 saturated heterocycles. The molecular weight excluding hydrogens is 228 g/mol. The summed E-state index contributed by atoms with van der Waals surface area (Å²) in [5.74, 6) is 1.23. The number of rotatable bonds is 2. The minimum Gasteiger partial charge on any atom is -0.507 e. The second kappa shape index (κ2) is 4.78. The van der Waals surface area contributed by atoms with Crippen LogP contribution in [0.2, 0.25) is 0 Å². The van der Waals surface area contributed by atoms with Crippen LogP contribution in [-0.2, 0) is 13.0 Å². The first-order valence-corrected chi connectivity index (χ1v) is 6.61. The molecule has 0 aromatic heterocycles. The first kappa shape index (κ1) is 11.8. The van der Waals surface area contributed by atoms with Gasteiger partial charge in [0.15, 0.2) is 0 Å². The van der Waals surface area contributed by atoms with Crippen molar-refractivity contribution in [3.8, 4) is 11.5 Å². The quantitative estimate of drug-likeness (QED) is 0.849. The summed E-state index contributed by atoms with van der Waals surface area (Å²) in [4.78, 5) is 4.74. The van der Waals surface area contributed by atoms with E-state index in [0.29, 0.717) is 5.75 Å². The van der Waals surface area contributed by atoms with Crippen LogP contribution in [0.1, 0.15) is 11.1 Å². The lowest BCUT2D eigenvalue weighted by Crippen LogP contribution is -2.43. The number of likely N-dealkylation sites (N-methyl/N-ethyl adjacent to an activating group) is 1. The number of hydrogen-bond donors (Lipinski definition) is 1. The molecule has 2 aliphatic heterocycles. The molecule has 1 fully saturated rings. The van der Waals surface area contributed by atoms with Crippen molar-refractivity contribution < 1.29 is 9.84 Å². The SMILES string of the molecule is CN1CCN(Cc2cc3c(cc2O)OCC3)CC1. The monoisotopic (exact) mass is 248 g/mol. The van der Waals surface area contributed by atoms with Crippen LogP contribution in [0, 0.1) is 0 Å². The van der Waals surface area contributed by atoms with E-state index in [1.165, 1.54) is 5.56 Å². The van der Waals surface area contributed by atoms with Gasteiger partial charge >= 0.3 is 0 Å². The Bertz CT molecular complexity index is 440. The zero-order chi connectivity index (χ0) is 12.5. The molecule has 0 radical (unpaired) electrons. The predicted octanol–water partition coefficient (Wildman–Crippen LogP) is 1.07. The summed E-state index contributed by atoms with van der Waals surface area (Å²) in [6, 6.07) is 3.88. The molecular formula is C14H20N2O2. The lowest BCUT2D eigenvalue weighted by Gasteiger charge is -2.32. The minimum absolute atomic E-state index is 0.370. The topological polar surface area (TPSA) is 35.9 Å². The summed E-state index contributed by atoms with van der Waals surface area (Å²) in [5, 5.41) is 10.0. The highest BCUT2D eigenvalue weighted by Gasteiger charge is 2.19. The van der Waals surface area contributed by atoms with Gasteiger partial charge in [-0.1, -0.05) is 0 Å². The van der Waals surface area contributed by atoms with Gasteiger partial charge in [-0.2, -0.15) is 0 Å². The second-order valence-electron chi connectivity index (χ2n) is 5.27. The fraction of sp³-hybridized carbons (Fsp3) is 0.571. The summed E-state index contributed by atoms with van der Waals surface area (Å²) in [7, 11) is 2.15. The van der Waals surface area contributed by atoms with E-state index >= 15 is 0 Å². The van der Waals surface area contributed by atoms with Crippen LogP contribution in [0.3, 0.4) is 0 Å². The molecule has 18 heavy (non-hydrogen) atoms. The van der Waals surface area contributed by atoms with E-state index in [0.717, 1.165) is 57.1 Å². The zero-order valence-corrected chi connectivity index (χ0v) is 10.9. The average molecular weight is 248 g/mol. The Morgan fingerprint density at radius 1 is 1.22 bits per heavy atom. The van der Waals surface area contributed by atoms with Gasteiger partial charge in [-0.3, -0.25) is 4.90 Å². The van der Waals surface area contributed by atoms with E-state index in [2.05, 4.69) is 22.9 Å². The number of piperazine rings is 1. The van der Waals surface area contributed by atoms with E-state index in [-0.39, 0.29) is 0 Å². The molecule has 0 atom stereocenters. The minimum atomic E-state index is 0.370. The van der Waals surface area contributed by atoms with E-state index < -0.39 is 0 Å². The Labute approximate surface area is 108 Å². The first-order chi connectivity index (χ1) is 8.72. The third-order valence-corrected chi connectivity index (χ3v) is 3.88. The molecule has 1 aromatic rings. The van der Waals surface area contributed by atoms with Crippen LogP contribution in [0.15, 0.2) is 12.1 Å². The Morgan fingerprint density at radius 3 is 2.78 bits per heavy atom. The number of phenols is 1. The third kappa shape index (κ3) is 2.31. The predicted molar refractivity (Wildman–Crippen MR) is 70.1 cm³/mol. The summed E-state index contributed by atoms with van der Waals surface area (Å²) >= 11 is 0. The van der Waals surface area contributed by atoms with E-state index in [1.54, 1.807) is 6.07 Å². The van der Waals surface area contributed by atoms with Crippen molar-refractivity contribution in [3.63, 3.8) is 0 Å². The number of hydrogen-bond acceptors (Lipinski definition) is 4. The molecule has 1 N–H and O–H groups in total. The van der Waals surface area contributed by atoms with Crippen molar-refractivity contribution in [2.75, 3.05) is 39.8 Å². The van der Waals surface area contributed by atoms with Gasteiger partial charge in [-0.25, -0.2) is 0 Å². The molecule has 0 bridgehead atoms. The molecule has 0 unspecified atom stereocenters. The lowest BCUT2D eigenvalue weighted by molar-refractivity contribution is 0.147. The molecule has 2 aliphatic rings. The molecule has 3 rings (SSSR count). The van der Waals surface area contributed by atoms with Gasteiger partial charge in [0.05, 0.1) is 6.61 Å². The maximum atomic E-state index is 10.0. The summed E-state index contributed by atoms with van der Waals surface area (Å²) in [5.41, 5.74) is 2.26. The standard InChI is InChI=1S/C14H20N2O2/c1-15-3-5-16(6-4-15)10-12-8-11-2-7-18-14(11)9-13(12)17/h8-9,17H,2-7,10H2,1H3. The Morgan fingerprint density at radius 2 is 2.00 bits per heavy atom. The zero-order valence-electron chi connectivity index (χ0n) is 10.9. The number of nitrogens with zero attached hydrogens (tertiary/aromatic N) is 2. The third-order valence-electron chi connectivity index (χ3n) is 3.88. The Kier molecular flexibility index (Phi) is 3.14. The van der Waals surface area contributed by atoms with Crippen LogP contribution >= 0.6 is 0 Å². The molecule has 0 saturated carbocycles. The lowest BCUT2D eigenvalue weighted by atomic mass is 10.1. The van der Waals surface area contributed by atoms with Crippen LogP contribution in [-0.4, -0.2) is 54.7 Å². The van der Waals surface area contributed by atoms with Crippen molar-refractivity contribution in [3.05, 3.63) is 23.3 Å². The number of phenolic OH excluding ortho intramolecular Hbond substituents is 1. The van der Waals surface area contributed by atoms with Gasteiger partial charge in [0, 0.05) is 50.8 Å². The molecule has 0 spiro atoms. The van der Waals surface area contributed by atoms with E-state index in [4.69, 9.17) is 4.74 Å². The molecule has 2 heterocycles. The average Bonchev–Trinajstić information content (AvgIpc) is 2.79. The molecule has 1 aromatic carbocycles. The maximum Gasteiger partial charge on any atom is 0.126 e. The van der Waals surface area contributed by atoms with Crippen LogP contribution in [0.5, 0.6) is 11.5 Å². The fourth-order valence-electron chi connectivity index (χ4n) is 2.64. The first-order valence-electron chi connectivity index (χ1n) is 6.61. The van der Waals surface area contributed by atoms with Gasteiger partial charge in [0.25, 0.3) is 0 Å². The number of ether oxygens (including phenoxy) is 1. The molecule has 4 heteroatoms. The molecule has 98 valence electrons. The van der Waals surface area contributed by atoms with Crippen molar-refractivity contribution in [2.24, 2.45) is 0 Å². The van der Waals surface area contributed by atoms with Crippen molar-refractivity contribution in [1.29, 1.82) is 0 Å². The number of fused-ring (bicyclic) bond motifs is 1. The maximum absolute atomic E-state index is 10.0. The Balaban J connectivity index is 1.73. The van der Waals surface area contributed by atoms with E-state index in [9.17, 15) is 5.11 Å². The van der Waals surface area contributed by atoms with Gasteiger partial charge in [0.2, 0.25) is 0 Å². The van der Waals surface area contributed by atoms with Gasteiger partial charge in [-0.05, 0) is 18.7 Å². The number of benzene rings is 1. The fourth-order valence-corrected chi connectivity index (χ4v) is 2.64. The molecule has 0 amide bonds. The van der Waals surface area contributed by atoms with Crippen LogP contribution in [0.25, 0.3) is 0 Å². The highest BCUT2D eigenvalue weighted by molar-refractivity contribution is 5.47. The highest BCUT2D eigenvalue weighted by atomic mass is 16.5. The van der Waals surface area contributed by atoms with Crippen molar-refractivity contribution in [1.82, 2.24) is 9.80 Å². The normalized spacial score (nSPS) is 20.7. The van der Waals surface area contributed by atoms with Crippen LogP contribution in [0.4, 0.5) is 0 Å². The van der Waals surface area contributed by atoms with Gasteiger partial charge in [-0.15, -0.1) is 0 Å². The Hall–Kier alpha value is -1.26. The highest BCUT2D eigenvalue weighted by Crippen LogP contribution is 2.32. The summed E-state index contributed by atoms with van der Waals surface area (Å²) in [6.45, 7) is 5.94. The summed E-state index contributed by atoms with van der Waals surface area (Å²) < 4.78 is 5.46. The van der Waals surface area contributed by atoms with Gasteiger partial charge < -0.3 is 14.7 Å². The molecule has 0 aliphatic carbocycles. The number of aromatic hydroxyl groups is 1. The van der Waals surface area contributed by atoms with Gasteiger partial charge in [0.1, 0.15) is 11.5 Å². The van der Waals surface area contributed by atoms with Crippen LogP contribution < -0.4 is 4.74 Å². The van der Waals surface area contributed by atoms with E-state index in [1.807, 2.05) is 0 Å². The second-order valence-corrected chi connectivity index (χ2v) is 5.27.